The molecule has 4 rings (SSSR count). The first-order chi connectivity index (χ1) is 13.1. The third kappa shape index (κ3) is 3.10. The number of para-hydroxylation sites is 1. The standard InChI is InChI=1S/C24H23NO2/c1-16(2)15-27-23-13-12-17(18-8-4-5-10-20(18)23)14-21-19-9-6-7-11-22(19)25(3)24(21)26/h4-14,16H,15H2,1-3H3/b21-14+. The zero-order valence-corrected chi connectivity index (χ0v) is 15.9. The fourth-order valence-electron chi connectivity index (χ4n) is 3.50. The molecule has 0 saturated carbocycles. The van der Waals surface area contributed by atoms with E-state index in [0.717, 1.165) is 38.9 Å². The predicted molar refractivity (Wildman–Crippen MR) is 112 cm³/mol. The fraction of sp³-hybridized carbons (Fsp3) is 0.208. The Hall–Kier alpha value is -3.07. The Morgan fingerprint density at radius 3 is 2.44 bits per heavy atom. The fourth-order valence-corrected chi connectivity index (χ4v) is 3.50. The highest BCUT2D eigenvalue weighted by molar-refractivity contribution is 6.36. The minimum absolute atomic E-state index is 0.0282. The normalized spacial score (nSPS) is 15.0. The van der Waals surface area contributed by atoms with Crippen molar-refractivity contribution in [1.82, 2.24) is 0 Å². The van der Waals surface area contributed by atoms with E-state index in [2.05, 4.69) is 26.0 Å². The molecule has 0 saturated heterocycles. The van der Waals surface area contributed by atoms with Crippen molar-refractivity contribution >= 4 is 34.0 Å². The van der Waals surface area contributed by atoms with Crippen molar-refractivity contribution in [2.45, 2.75) is 13.8 Å². The lowest BCUT2D eigenvalue weighted by molar-refractivity contribution is -0.112. The van der Waals surface area contributed by atoms with Gasteiger partial charge in [-0.3, -0.25) is 4.79 Å². The second-order valence-electron chi connectivity index (χ2n) is 7.34. The average molecular weight is 357 g/mol. The Kier molecular flexibility index (Phi) is 4.44. The number of carbonyl (C=O) groups is 1. The van der Waals surface area contributed by atoms with Crippen LogP contribution in [-0.2, 0) is 4.79 Å². The molecule has 0 radical (unpaired) electrons. The quantitative estimate of drug-likeness (QED) is 0.586. The number of fused-ring (bicyclic) bond motifs is 2. The van der Waals surface area contributed by atoms with Crippen LogP contribution in [-0.4, -0.2) is 19.6 Å². The maximum absolute atomic E-state index is 12.8. The molecule has 0 unspecified atom stereocenters. The number of amides is 1. The van der Waals surface area contributed by atoms with Crippen LogP contribution in [0.4, 0.5) is 5.69 Å². The summed E-state index contributed by atoms with van der Waals surface area (Å²) < 4.78 is 6.00. The summed E-state index contributed by atoms with van der Waals surface area (Å²) >= 11 is 0. The van der Waals surface area contributed by atoms with Crippen LogP contribution in [0.3, 0.4) is 0 Å². The maximum Gasteiger partial charge on any atom is 0.258 e. The lowest BCUT2D eigenvalue weighted by Gasteiger charge is -2.13. The number of nitrogens with zero attached hydrogens (tertiary/aromatic N) is 1. The number of anilines is 1. The van der Waals surface area contributed by atoms with Crippen LogP contribution in [0.25, 0.3) is 22.4 Å². The van der Waals surface area contributed by atoms with E-state index in [1.54, 1.807) is 4.90 Å². The molecule has 1 aliphatic heterocycles. The molecule has 0 aliphatic carbocycles. The van der Waals surface area contributed by atoms with Gasteiger partial charge in [0.05, 0.1) is 12.3 Å². The van der Waals surface area contributed by atoms with Crippen LogP contribution in [0.5, 0.6) is 5.75 Å². The highest BCUT2D eigenvalue weighted by Crippen LogP contribution is 2.38. The second kappa shape index (κ2) is 6.92. The van der Waals surface area contributed by atoms with Crippen molar-refractivity contribution in [3.05, 3.63) is 71.8 Å². The molecular weight excluding hydrogens is 334 g/mol. The summed E-state index contributed by atoms with van der Waals surface area (Å²) in [6, 6.07) is 20.2. The second-order valence-corrected chi connectivity index (χ2v) is 7.34. The number of hydrogen-bond acceptors (Lipinski definition) is 2. The van der Waals surface area contributed by atoms with E-state index in [1.165, 1.54) is 0 Å². The lowest BCUT2D eigenvalue weighted by atomic mass is 9.99. The highest BCUT2D eigenvalue weighted by atomic mass is 16.5. The van der Waals surface area contributed by atoms with Gasteiger partial charge >= 0.3 is 0 Å². The van der Waals surface area contributed by atoms with E-state index >= 15 is 0 Å². The van der Waals surface area contributed by atoms with Crippen molar-refractivity contribution in [2.24, 2.45) is 5.92 Å². The minimum Gasteiger partial charge on any atom is -0.493 e. The van der Waals surface area contributed by atoms with Gasteiger partial charge in [-0.05, 0) is 35.1 Å². The van der Waals surface area contributed by atoms with Crippen LogP contribution in [0.2, 0.25) is 0 Å². The zero-order chi connectivity index (χ0) is 19.0. The van der Waals surface area contributed by atoms with E-state index in [-0.39, 0.29) is 5.91 Å². The molecule has 3 heteroatoms. The molecule has 136 valence electrons. The molecule has 1 aliphatic rings. The summed E-state index contributed by atoms with van der Waals surface area (Å²) in [7, 11) is 1.82. The molecular formula is C24H23NO2. The van der Waals surface area contributed by atoms with Gasteiger partial charge in [-0.1, -0.05) is 62.4 Å². The summed E-state index contributed by atoms with van der Waals surface area (Å²) in [5.41, 5.74) is 3.69. The van der Waals surface area contributed by atoms with Crippen LogP contribution < -0.4 is 9.64 Å². The van der Waals surface area contributed by atoms with Gasteiger partial charge < -0.3 is 9.64 Å². The number of rotatable bonds is 4. The van der Waals surface area contributed by atoms with E-state index in [4.69, 9.17) is 4.74 Å². The first kappa shape index (κ1) is 17.3. The summed E-state index contributed by atoms with van der Waals surface area (Å²) in [6.07, 6.45) is 2.00. The summed E-state index contributed by atoms with van der Waals surface area (Å²) in [4.78, 5) is 14.5. The largest absolute Gasteiger partial charge is 0.493 e. The molecule has 0 N–H and O–H groups in total. The van der Waals surface area contributed by atoms with Gasteiger partial charge in [0.1, 0.15) is 5.75 Å². The molecule has 3 aromatic carbocycles. The molecule has 27 heavy (non-hydrogen) atoms. The van der Waals surface area contributed by atoms with E-state index in [0.29, 0.717) is 12.5 Å². The van der Waals surface area contributed by atoms with E-state index in [9.17, 15) is 4.79 Å². The number of likely N-dealkylation sites (N-methyl/N-ethyl adjacent to an activating group) is 1. The topological polar surface area (TPSA) is 29.5 Å². The van der Waals surface area contributed by atoms with Crippen LogP contribution in [0, 0.1) is 5.92 Å². The Morgan fingerprint density at radius 2 is 1.67 bits per heavy atom. The van der Waals surface area contributed by atoms with Crippen LogP contribution in [0.1, 0.15) is 25.0 Å². The molecule has 1 amide bonds. The van der Waals surface area contributed by atoms with Gasteiger partial charge in [0.15, 0.2) is 0 Å². The molecule has 0 spiro atoms. The van der Waals surface area contributed by atoms with Crippen molar-refractivity contribution in [3.63, 3.8) is 0 Å². The third-order valence-electron chi connectivity index (χ3n) is 4.88. The zero-order valence-electron chi connectivity index (χ0n) is 15.9. The van der Waals surface area contributed by atoms with Crippen LogP contribution in [0.15, 0.2) is 60.7 Å². The molecule has 1 heterocycles. The van der Waals surface area contributed by atoms with Gasteiger partial charge in [0.25, 0.3) is 5.91 Å². The van der Waals surface area contributed by atoms with Crippen molar-refractivity contribution in [1.29, 1.82) is 0 Å². The molecule has 0 aromatic heterocycles. The maximum atomic E-state index is 12.8. The molecule has 0 atom stereocenters. The minimum atomic E-state index is 0.0282. The van der Waals surface area contributed by atoms with E-state index < -0.39 is 0 Å². The molecule has 0 fully saturated rings. The average Bonchev–Trinajstić information content (AvgIpc) is 2.92. The van der Waals surface area contributed by atoms with Gasteiger partial charge in [-0.15, -0.1) is 0 Å². The highest BCUT2D eigenvalue weighted by Gasteiger charge is 2.29. The smallest absolute Gasteiger partial charge is 0.258 e. The summed E-state index contributed by atoms with van der Waals surface area (Å²) in [5, 5.41) is 2.16. The Morgan fingerprint density at radius 1 is 0.963 bits per heavy atom. The van der Waals surface area contributed by atoms with Crippen molar-refractivity contribution in [3.8, 4) is 5.75 Å². The first-order valence-corrected chi connectivity index (χ1v) is 9.30. The van der Waals surface area contributed by atoms with Gasteiger partial charge in [-0.25, -0.2) is 0 Å². The lowest BCUT2D eigenvalue weighted by Crippen LogP contribution is -2.20. The number of ether oxygens (including phenoxy) is 1. The summed E-state index contributed by atoms with van der Waals surface area (Å²) in [6.45, 7) is 4.96. The third-order valence-corrected chi connectivity index (χ3v) is 4.88. The van der Waals surface area contributed by atoms with Crippen molar-refractivity contribution in [2.75, 3.05) is 18.6 Å². The van der Waals surface area contributed by atoms with Gasteiger partial charge in [0.2, 0.25) is 0 Å². The first-order valence-electron chi connectivity index (χ1n) is 9.30. The number of hydrogen-bond donors (Lipinski definition) is 0. The van der Waals surface area contributed by atoms with Crippen LogP contribution >= 0.6 is 0 Å². The SMILES string of the molecule is CC(C)COc1ccc(/C=C2/C(=O)N(C)c3ccccc32)c2ccccc12. The van der Waals surface area contributed by atoms with Gasteiger partial charge in [0, 0.05) is 23.6 Å². The Labute approximate surface area is 159 Å². The van der Waals surface area contributed by atoms with Crippen molar-refractivity contribution < 1.29 is 9.53 Å². The summed E-state index contributed by atoms with van der Waals surface area (Å²) in [5.74, 6) is 1.38. The molecule has 3 aromatic rings. The van der Waals surface area contributed by atoms with E-state index in [1.807, 2.05) is 61.7 Å². The number of carbonyl (C=O) groups excluding carboxylic acids is 1. The number of benzene rings is 3. The van der Waals surface area contributed by atoms with Gasteiger partial charge in [-0.2, -0.15) is 0 Å². The molecule has 3 nitrogen and oxygen atoms in total. The Bertz CT molecular complexity index is 1050. The molecule has 0 bridgehead atoms. The monoisotopic (exact) mass is 357 g/mol. The predicted octanol–water partition coefficient (Wildman–Crippen LogP) is 5.39. The Balaban J connectivity index is 1.83.